The van der Waals surface area contributed by atoms with Gasteiger partial charge in [-0.05, 0) is 42.2 Å². The molecule has 3 aromatic rings. The molecular formula is C22H23N5O3. The van der Waals surface area contributed by atoms with Crippen LogP contribution in [0.25, 0.3) is 11.4 Å². The topological polar surface area (TPSA) is 82.4 Å². The van der Waals surface area contributed by atoms with Crippen LogP contribution in [0.2, 0.25) is 0 Å². The van der Waals surface area contributed by atoms with E-state index in [0.29, 0.717) is 30.5 Å². The Morgan fingerprint density at radius 1 is 1.20 bits per heavy atom. The molecule has 1 saturated heterocycles. The highest BCUT2D eigenvalue weighted by molar-refractivity contribution is 5.55. The number of morpholine rings is 1. The van der Waals surface area contributed by atoms with E-state index in [0.717, 1.165) is 24.2 Å². The lowest BCUT2D eigenvalue weighted by molar-refractivity contribution is 0.00164. The molecule has 1 fully saturated rings. The first-order chi connectivity index (χ1) is 14.7. The third-order valence-electron chi connectivity index (χ3n) is 5.96. The summed E-state index contributed by atoms with van der Waals surface area (Å²) in [5.41, 5.74) is 3.51. The fourth-order valence-corrected chi connectivity index (χ4v) is 4.42. The van der Waals surface area contributed by atoms with Crippen LogP contribution >= 0.6 is 0 Å². The number of hydrogen-bond acceptors (Lipinski definition) is 7. The number of hydrogen-bond donors (Lipinski definition) is 0. The van der Waals surface area contributed by atoms with Crippen molar-refractivity contribution in [1.29, 1.82) is 0 Å². The van der Waals surface area contributed by atoms with E-state index in [4.69, 9.17) is 14.5 Å². The van der Waals surface area contributed by atoms with E-state index < -0.39 is 0 Å². The van der Waals surface area contributed by atoms with Gasteiger partial charge in [0, 0.05) is 25.9 Å². The van der Waals surface area contributed by atoms with Crippen molar-refractivity contribution >= 4 is 5.95 Å². The van der Waals surface area contributed by atoms with Gasteiger partial charge in [0.25, 0.3) is 5.56 Å². The molecule has 1 aromatic carbocycles. The Morgan fingerprint density at radius 3 is 2.90 bits per heavy atom. The minimum atomic E-state index is -0.116. The summed E-state index contributed by atoms with van der Waals surface area (Å²) < 4.78 is 13.2. The highest BCUT2D eigenvalue weighted by atomic mass is 16.5. The van der Waals surface area contributed by atoms with Crippen molar-refractivity contribution in [1.82, 2.24) is 19.5 Å². The molecule has 0 amide bonds. The number of anilines is 1. The molecule has 0 N–H and O–H groups in total. The number of methoxy groups -OCH3 is 1. The molecule has 2 atom stereocenters. The minimum Gasteiger partial charge on any atom is -0.497 e. The molecule has 2 aliphatic rings. The summed E-state index contributed by atoms with van der Waals surface area (Å²) in [4.78, 5) is 28.0. The average molecular weight is 405 g/mol. The van der Waals surface area contributed by atoms with E-state index in [-0.39, 0.29) is 17.7 Å². The van der Waals surface area contributed by atoms with Gasteiger partial charge < -0.3 is 14.4 Å². The molecule has 154 valence electrons. The molecule has 0 radical (unpaired) electrons. The van der Waals surface area contributed by atoms with Crippen molar-refractivity contribution in [3.05, 3.63) is 64.3 Å². The quantitative estimate of drug-likeness (QED) is 0.660. The lowest BCUT2D eigenvalue weighted by atomic mass is 9.84. The van der Waals surface area contributed by atoms with Crippen molar-refractivity contribution in [2.45, 2.75) is 25.0 Å². The highest BCUT2D eigenvalue weighted by Gasteiger charge is 2.39. The molecule has 2 aromatic heterocycles. The summed E-state index contributed by atoms with van der Waals surface area (Å²) in [6.07, 6.45) is 4.90. The smallest absolute Gasteiger partial charge is 0.255 e. The number of aryl methyl sites for hydroxylation is 1. The van der Waals surface area contributed by atoms with Crippen LogP contribution in [-0.4, -0.2) is 45.8 Å². The van der Waals surface area contributed by atoms with E-state index >= 15 is 0 Å². The van der Waals surface area contributed by atoms with Crippen LogP contribution in [0.15, 0.2) is 47.7 Å². The van der Waals surface area contributed by atoms with E-state index in [1.54, 1.807) is 31.0 Å². The monoisotopic (exact) mass is 405 g/mol. The van der Waals surface area contributed by atoms with Gasteiger partial charge in [-0.3, -0.25) is 9.36 Å². The van der Waals surface area contributed by atoms with Crippen LogP contribution in [0.3, 0.4) is 0 Å². The van der Waals surface area contributed by atoms with Crippen LogP contribution in [0.4, 0.5) is 5.95 Å². The predicted molar refractivity (Wildman–Crippen MR) is 112 cm³/mol. The summed E-state index contributed by atoms with van der Waals surface area (Å²) in [7, 11) is 3.44. The maximum atomic E-state index is 12.7. The van der Waals surface area contributed by atoms with E-state index in [9.17, 15) is 4.79 Å². The predicted octanol–water partition coefficient (Wildman–Crippen LogP) is 2.14. The zero-order valence-corrected chi connectivity index (χ0v) is 17.0. The standard InChI is InChI=1S/C22H23N5O3/c1-26-20(28)12-18(17-7-8-23-13-24-17)25-22(26)27-9-10-30-21-16-11-15(29-2)5-3-14(16)4-6-19(21)27/h3,5,7-8,11-13,19,21H,4,6,9-10H2,1-2H3/t19-,21+/m0/s1. The molecule has 1 aliphatic carbocycles. The number of benzene rings is 1. The summed E-state index contributed by atoms with van der Waals surface area (Å²) in [5.74, 6) is 1.46. The summed E-state index contributed by atoms with van der Waals surface area (Å²) in [6, 6.07) is 9.56. The minimum absolute atomic E-state index is 0.0859. The van der Waals surface area contributed by atoms with Gasteiger partial charge >= 0.3 is 0 Å². The van der Waals surface area contributed by atoms with Gasteiger partial charge in [0.2, 0.25) is 5.95 Å². The van der Waals surface area contributed by atoms with Crippen molar-refractivity contribution in [3.63, 3.8) is 0 Å². The van der Waals surface area contributed by atoms with Crippen molar-refractivity contribution in [2.75, 3.05) is 25.2 Å². The Balaban J connectivity index is 1.56. The average Bonchev–Trinajstić information content (AvgIpc) is 2.80. The van der Waals surface area contributed by atoms with Crippen molar-refractivity contribution in [3.8, 4) is 17.1 Å². The molecule has 30 heavy (non-hydrogen) atoms. The van der Waals surface area contributed by atoms with Gasteiger partial charge in [0.1, 0.15) is 18.2 Å². The fourth-order valence-electron chi connectivity index (χ4n) is 4.42. The van der Waals surface area contributed by atoms with Gasteiger partial charge in [-0.2, -0.15) is 0 Å². The lowest BCUT2D eigenvalue weighted by Gasteiger charge is -2.45. The molecule has 5 rings (SSSR count). The number of rotatable bonds is 3. The van der Waals surface area contributed by atoms with Gasteiger partial charge in [-0.25, -0.2) is 15.0 Å². The SMILES string of the molecule is COc1ccc2c(c1)[C@H]1OCCN(c3nc(-c4ccncn4)cc(=O)n3C)[C@H]1CC2. The first-order valence-corrected chi connectivity index (χ1v) is 10.0. The number of ether oxygens (including phenoxy) is 2. The second-order valence-electron chi connectivity index (χ2n) is 7.59. The van der Waals surface area contributed by atoms with Gasteiger partial charge in [-0.15, -0.1) is 0 Å². The molecule has 8 heteroatoms. The van der Waals surface area contributed by atoms with Crippen LogP contribution in [-0.2, 0) is 18.2 Å². The number of aromatic nitrogens is 4. The van der Waals surface area contributed by atoms with Gasteiger partial charge in [-0.1, -0.05) is 6.07 Å². The number of nitrogens with zero attached hydrogens (tertiary/aromatic N) is 5. The zero-order valence-electron chi connectivity index (χ0n) is 17.0. The molecule has 3 heterocycles. The molecule has 0 spiro atoms. The molecular weight excluding hydrogens is 382 g/mol. The van der Waals surface area contributed by atoms with Crippen LogP contribution < -0.4 is 15.2 Å². The summed E-state index contributed by atoms with van der Waals surface area (Å²) in [6.45, 7) is 1.24. The fraction of sp³-hybridized carbons (Fsp3) is 0.364. The maximum Gasteiger partial charge on any atom is 0.255 e. The molecule has 0 saturated carbocycles. The number of fused-ring (bicyclic) bond motifs is 3. The second kappa shape index (κ2) is 7.53. The first-order valence-electron chi connectivity index (χ1n) is 10.0. The zero-order chi connectivity index (χ0) is 20.7. The van der Waals surface area contributed by atoms with E-state index in [1.807, 2.05) is 6.07 Å². The Bertz CT molecular complexity index is 1130. The Hall–Kier alpha value is -3.26. The third kappa shape index (κ3) is 3.13. The largest absolute Gasteiger partial charge is 0.497 e. The van der Waals surface area contributed by atoms with Gasteiger partial charge in [0.05, 0.1) is 31.1 Å². The third-order valence-corrected chi connectivity index (χ3v) is 5.96. The molecule has 0 unspecified atom stereocenters. The first kappa shape index (κ1) is 18.7. The van der Waals surface area contributed by atoms with Crippen molar-refractivity contribution in [2.24, 2.45) is 7.05 Å². The maximum absolute atomic E-state index is 12.7. The second-order valence-corrected chi connectivity index (χ2v) is 7.59. The van der Waals surface area contributed by atoms with Crippen LogP contribution in [0.1, 0.15) is 23.7 Å². The Kier molecular flexibility index (Phi) is 4.71. The lowest BCUT2D eigenvalue weighted by Crippen LogP contribution is -2.51. The van der Waals surface area contributed by atoms with E-state index in [2.05, 4.69) is 27.0 Å². The highest BCUT2D eigenvalue weighted by Crippen LogP contribution is 2.40. The van der Waals surface area contributed by atoms with Crippen molar-refractivity contribution < 1.29 is 9.47 Å². The van der Waals surface area contributed by atoms with Crippen LogP contribution in [0, 0.1) is 0 Å². The molecule has 8 nitrogen and oxygen atoms in total. The molecule has 1 aliphatic heterocycles. The Morgan fingerprint density at radius 2 is 2.10 bits per heavy atom. The Labute approximate surface area is 174 Å². The van der Waals surface area contributed by atoms with Crippen LogP contribution in [0.5, 0.6) is 5.75 Å². The normalized spacial score (nSPS) is 20.4. The summed E-state index contributed by atoms with van der Waals surface area (Å²) in [5, 5.41) is 0. The summed E-state index contributed by atoms with van der Waals surface area (Å²) >= 11 is 0. The molecule has 0 bridgehead atoms. The van der Waals surface area contributed by atoms with Gasteiger partial charge in [0.15, 0.2) is 0 Å². The van der Waals surface area contributed by atoms with E-state index in [1.165, 1.54) is 18.0 Å².